The highest BCUT2D eigenvalue weighted by atomic mass is 35.5. The molecule has 2 saturated heterocycles. The molecule has 1 amide bonds. The summed E-state index contributed by atoms with van der Waals surface area (Å²) in [6, 6.07) is 17.4. The molecule has 0 saturated carbocycles. The number of anilines is 1. The number of benzene rings is 2. The predicted molar refractivity (Wildman–Crippen MR) is 133 cm³/mol. The summed E-state index contributed by atoms with van der Waals surface area (Å²) < 4.78 is 5.45. The molecular weight excluding hydrogens is 476 g/mol. The highest BCUT2D eigenvalue weighted by molar-refractivity contribution is 8.01. The van der Waals surface area contributed by atoms with E-state index in [2.05, 4.69) is 22.3 Å². The van der Waals surface area contributed by atoms with Crippen LogP contribution in [-0.4, -0.2) is 43.2 Å². The average molecular weight is 499 g/mol. The van der Waals surface area contributed by atoms with Crippen LogP contribution in [0, 0.1) is 0 Å². The topological polar surface area (TPSA) is 58.6 Å². The van der Waals surface area contributed by atoms with E-state index >= 15 is 0 Å². The second-order valence-corrected chi connectivity index (χ2v) is 10.5. The molecule has 0 radical (unpaired) electrons. The summed E-state index contributed by atoms with van der Waals surface area (Å²) in [6.45, 7) is 3.14. The maximum Gasteiger partial charge on any atom is 0.242 e. The van der Waals surface area contributed by atoms with Gasteiger partial charge in [-0.3, -0.25) is 9.59 Å². The van der Waals surface area contributed by atoms with Gasteiger partial charge in [-0.1, -0.05) is 35.9 Å². The van der Waals surface area contributed by atoms with Crippen LogP contribution in [0.15, 0.2) is 70.3 Å². The van der Waals surface area contributed by atoms with Crippen molar-refractivity contribution in [3.05, 3.63) is 81.5 Å². The van der Waals surface area contributed by atoms with Crippen LogP contribution in [0.3, 0.4) is 0 Å². The lowest BCUT2D eigenvalue weighted by molar-refractivity contribution is -0.132. The number of ketones is 1. The van der Waals surface area contributed by atoms with Gasteiger partial charge in [-0.2, -0.15) is 11.3 Å². The Morgan fingerprint density at radius 1 is 1.03 bits per heavy atom. The molecule has 5 rings (SSSR count). The predicted octanol–water partition coefficient (Wildman–Crippen LogP) is 4.73. The summed E-state index contributed by atoms with van der Waals surface area (Å²) in [5.41, 5.74) is 2.06. The van der Waals surface area contributed by atoms with Crippen molar-refractivity contribution in [2.75, 3.05) is 31.2 Å². The zero-order chi connectivity index (χ0) is 22.8. The van der Waals surface area contributed by atoms with Crippen molar-refractivity contribution >= 4 is 52.1 Å². The number of thioether (sulfide) groups is 1. The number of hydrogen-bond donors (Lipinski definition) is 1. The van der Waals surface area contributed by atoms with Crippen molar-refractivity contribution in [3.63, 3.8) is 0 Å². The molecule has 0 spiro atoms. The third-order valence-electron chi connectivity index (χ3n) is 6.14. The van der Waals surface area contributed by atoms with Crippen LogP contribution in [0.25, 0.3) is 0 Å². The summed E-state index contributed by atoms with van der Waals surface area (Å²) in [5.74, 6) is -0.397. The van der Waals surface area contributed by atoms with Gasteiger partial charge in [0, 0.05) is 30.1 Å². The van der Waals surface area contributed by atoms with Crippen LogP contribution in [0.5, 0.6) is 0 Å². The summed E-state index contributed by atoms with van der Waals surface area (Å²) in [4.78, 5) is 29.7. The largest absolute Gasteiger partial charge is 0.378 e. The van der Waals surface area contributed by atoms with Gasteiger partial charge in [-0.25, -0.2) is 0 Å². The fraction of sp³-hybridized carbons (Fsp3) is 0.280. The molecule has 1 N–H and O–H groups in total. The molecule has 2 aliphatic rings. The lowest BCUT2D eigenvalue weighted by Crippen LogP contribution is -2.57. The lowest BCUT2D eigenvalue weighted by Gasteiger charge is -2.40. The quantitative estimate of drug-likeness (QED) is 0.515. The number of halogens is 1. The van der Waals surface area contributed by atoms with E-state index in [0.29, 0.717) is 5.02 Å². The first kappa shape index (κ1) is 22.5. The number of nitrogens with zero attached hydrogens (tertiary/aromatic N) is 1. The number of rotatable bonds is 5. The van der Waals surface area contributed by atoms with E-state index in [1.165, 1.54) is 11.8 Å². The van der Waals surface area contributed by atoms with Gasteiger partial charge >= 0.3 is 0 Å². The summed E-state index contributed by atoms with van der Waals surface area (Å²) in [6.07, 6.45) is 0.189. The maximum atomic E-state index is 13.4. The smallest absolute Gasteiger partial charge is 0.242 e. The van der Waals surface area contributed by atoms with E-state index in [1.54, 1.807) is 17.4 Å². The zero-order valence-electron chi connectivity index (χ0n) is 17.8. The SMILES string of the molecule is O=C1C[C@](c2ccc(N3CCOCC3)cc2)(c2ccsc2)NC(=O)[C@@H]1Sc1ccccc1Cl. The van der Waals surface area contributed by atoms with Crippen LogP contribution in [0.4, 0.5) is 5.69 Å². The number of Topliss-reactive ketones (excluding diaryl/α,β-unsaturated/α-hetero) is 1. The minimum atomic E-state index is -0.880. The fourth-order valence-electron chi connectivity index (χ4n) is 4.41. The zero-order valence-corrected chi connectivity index (χ0v) is 20.2. The Morgan fingerprint density at radius 2 is 1.79 bits per heavy atom. The van der Waals surface area contributed by atoms with Crippen molar-refractivity contribution in [1.29, 1.82) is 0 Å². The molecule has 0 unspecified atom stereocenters. The summed E-state index contributed by atoms with van der Waals surface area (Å²) >= 11 is 9.04. The Bertz CT molecular complexity index is 1130. The second kappa shape index (κ2) is 9.50. The third kappa shape index (κ3) is 4.43. The molecule has 2 fully saturated rings. The Labute approximate surface area is 206 Å². The number of carbonyl (C=O) groups excluding carboxylic acids is 2. The molecule has 170 valence electrons. The van der Waals surface area contributed by atoms with Gasteiger partial charge in [-0.05, 0) is 52.2 Å². The van der Waals surface area contributed by atoms with Gasteiger partial charge in [0.25, 0.3) is 0 Å². The Kier molecular flexibility index (Phi) is 6.47. The summed E-state index contributed by atoms with van der Waals surface area (Å²) in [7, 11) is 0. The number of nitrogens with one attached hydrogen (secondary N) is 1. The van der Waals surface area contributed by atoms with Crippen molar-refractivity contribution in [2.45, 2.75) is 22.1 Å². The second-order valence-electron chi connectivity index (χ2n) is 8.12. The number of carbonyl (C=O) groups is 2. The molecule has 3 aromatic rings. The van der Waals surface area contributed by atoms with Crippen LogP contribution in [-0.2, 0) is 19.9 Å². The maximum absolute atomic E-state index is 13.4. The van der Waals surface area contributed by atoms with Crippen LogP contribution in [0.1, 0.15) is 17.5 Å². The normalized spacial score (nSPS) is 23.4. The summed E-state index contributed by atoms with van der Waals surface area (Å²) in [5, 5.41) is 6.90. The molecule has 2 atom stereocenters. The highest BCUT2D eigenvalue weighted by Crippen LogP contribution is 2.41. The van der Waals surface area contributed by atoms with Gasteiger partial charge in [-0.15, -0.1) is 11.8 Å². The van der Waals surface area contributed by atoms with Crippen molar-refractivity contribution in [1.82, 2.24) is 5.32 Å². The first-order valence-corrected chi connectivity index (χ1v) is 13.0. The lowest BCUT2D eigenvalue weighted by atomic mass is 9.77. The van der Waals surface area contributed by atoms with Crippen molar-refractivity contribution in [3.8, 4) is 0 Å². The molecule has 5 nitrogen and oxygen atoms in total. The fourth-order valence-corrected chi connectivity index (χ4v) is 6.38. The molecule has 0 aliphatic carbocycles. The van der Waals surface area contributed by atoms with Crippen molar-refractivity contribution < 1.29 is 14.3 Å². The minimum absolute atomic E-state index is 0.105. The van der Waals surface area contributed by atoms with E-state index in [1.807, 2.05) is 47.2 Å². The molecule has 0 bridgehead atoms. The van der Waals surface area contributed by atoms with Gasteiger partial charge in [0.05, 0.1) is 23.8 Å². The average Bonchev–Trinajstić information content (AvgIpc) is 3.39. The molecule has 1 aromatic heterocycles. The molecule has 2 aliphatic heterocycles. The minimum Gasteiger partial charge on any atom is -0.378 e. The van der Waals surface area contributed by atoms with E-state index in [4.69, 9.17) is 16.3 Å². The molecule has 3 heterocycles. The van der Waals surface area contributed by atoms with Gasteiger partial charge < -0.3 is 15.0 Å². The van der Waals surface area contributed by atoms with E-state index < -0.39 is 10.8 Å². The number of piperidine rings is 1. The van der Waals surface area contributed by atoms with Crippen LogP contribution < -0.4 is 10.2 Å². The highest BCUT2D eigenvalue weighted by Gasteiger charge is 2.47. The van der Waals surface area contributed by atoms with Gasteiger partial charge in [0.1, 0.15) is 5.25 Å². The molecular formula is C25H23ClN2O3S2. The monoisotopic (exact) mass is 498 g/mol. The molecule has 33 heavy (non-hydrogen) atoms. The number of ether oxygens (including phenoxy) is 1. The Hall–Kier alpha value is -2.32. The van der Waals surface area contributed by atoms with Gasteiger partial charge in [0.2, 0.25) is 5.91 Å². The van der Waals surface area contributed by atoms with E-state index in [-0.39, 0.29) is 18.1 Å². The third-order valence-corrected chi connectivity index (χ3v) is 8.59. The molecule has 8 heteroatoms. The number of amides is 1. The number of thiophene rings is 1. The van der Waals surface area contributed by atoms with E-state index in [0.717, 1.165) is 48.0 Å². The first-order valence-electron chi connectivity index (χ1n) is 10.8. The van der Waals surface area contributed by atoms with Gasteiger partial charge in [0.15, 0.2) is 5.78 Å². The van der Waals surface area contributed by atoms with Crippen LogP contribution >= 0.6 is 34.7 Å². The number of morpholine rings is 1. The number of hydrogen-bond acceptors (Lipinski definition) is 6. The Balaban J connectivity index is 1.45. The Morgan fingerprint density at radius 3 is 2.45 bits per heavy atom. The van der Waals surface area contributed by atoms with E-state index in [9.17, 15) is 9.59 Å². The van der Waals surface area contributed by atoms with Crippen LogP contribution in [0.2, 0.25) is 5.02 Å². The molecule has 2 aromatic carbocycles. The standard InChI is InChI=1S/C25H23ClN2O3S2/c26-20-3-1-2-4-22(20)33-23-21(29)15-25(27-24(23)30,18-9-14-32-16-18)17-5-7-19(8-6-17)28-10-12-31-13-11-28/h1-9,14,16,23H,10-13,15H2,(H,27,30)/t23-,25+/m1/s1. The van der Waals surface area contributed by atoms with Crippen molar-refractivity contribution in [2.24, 2.45) is 0 Å². The first-order chi connectivity index (χ1) is 16.1.